The van der Waals surface area contributed by atoms with Gasteiger partial charge in [0.25, 0.3) is 10.0 Å². The van der Waals surface area contributed by atoms with E-state index in [0.29, 0.717) is 10.8 Å². The molecule has 0 aliphatic carbocycles. The van der Waals surface area contributed by atoms with Crippen molar-refractivity contribution in [3.8, 4) is 0 Å². The number of hydrogen-bond acceptors (Lipinski definition) is 3. The van der Waals surface area contributed by atoms with Crippen LogP contribution in [0, 0.1) is 6.92 Å². The number of benzene rings is 2. The average Bonchev–Trinajstić information content (AvgIpc) is 2.54. The zero-order chi connectivity index (χ0) is 18.0. The Balaban J connectivity index is 2.62. The molecule has 0 aliphatic heterocycles. The lowest BCUT2D eigenvalue weighted by Gasteiger charge is -2.14. The van der Waals surface area contributed by atoms with E-state index in [4.69, 9.17) is 11.6 Å². The van der Waals surface area contributed by atoms with Crippen molar-refractivity contribution in [2.75, 3.05) is 0 Å². The summed E-state index contributed by atoms with van der Waals surface area (Å²) < 4.78 is 42.4. The smallest absolute Gasteiger partial charge is 0.243 e. The van der Waals surface area contributed by atoms with Crippen molar-refractivity contribution < 1.29 is 12.6 Å². The van der Waals surface area contributed by atoms with E-state index in [1.165, 1.54) is 12.1 Å². The molecular formula is C17H20ClNO3S2. The van der Waals surface area contributed by atoms with E-state index in [1.54, 1.807) is 50.2 Å². The van der Waals surface area contributed by atoms with Crippen molar-refractivity contribution in [3.63, 3.8) is 0 Å². The third kappa shape index (κ3) is 3.99. The van der Waals surface area contributed by atoms with Gasteiger partial charge in [-0.1, -0.05) is 29.8 Å². The molecule has 7 heteroatoms. The molecular weight excluding hydrogens is 366 g/mol. The molecule has 0 radical (unpaired) electrons. The van der Waals surface area contributed by atoms with Crippen LogP contribution in [-0.4, -0.2) is 17.9 Å². The fourth-order valence-electron chi connectivity index (χ4n) is 2.07. The van der Waals surface area contributed by atoms with E-state index in [0.717, 1.165) is 11.1 Å². The summed E-state index contributed by atoms with van der Waals surface area (Å²) in [5.74, 6) is 0.335. The van der Waals surface area contributed by atoms with E-state index >= 15 is 0 Å². The van der Waals surface area contributed by atoms with E-state index in [9.17, 15) is 12.6 Å². The van der Waals surface area contributed by atoms with Gasteiger partial charge in [-0.2, -0.15) is 8.42 Å². The molecule has 2 aromatic carbocycles. The van der Waals surface area contributed by atoms with E-state index in [1.807, 2.05) is 6.92 Å². The maximum atomic E-state index is 13.4. The number of aryl methyl sites for hydroxylation is 1. The second-order valence-corrected chi connectivity index (χ2v) is 10.6. The first kappa shape index (κ1) is 19.0. The van der Waals surface area contributed by atoms with E-state index in [2.05, 4.69) is 3.77 Å². The number of halogens is 1. The molecule has 130 valence electrons. The van der Waals surface area contributed by atoms with Crippen LogP contribution in [0.15, 0.2) is 62.1 Å². The topological polar surface area (TPSA) is 63.6 Å². The van der Waals surface area contributed by atoms with Crippen molar-refractivity contribution in [1.29, 1.82) is 0 Å². The summed E-state index contributed by atoms with van der Waals surface area (Å²) in [5, 5.41) is -0.459. The Morgan fingerprint density at radius 1 is 0.917 bits per heavy atom. The van der Waals surface area contributed by atoms with Crippen molar-refractivity contribution in [1.82, 2.24) is 0 Å². The minimum atomic E-state index is -4.02. The normalized spacial score (nSPS) is 14.4. The lowest BCUT2D eigenvalue weighted by Crippen LogP contribution is -2.16. The van der Waals surface area contributed by atoms with Gasteiger partial charge < -0.3 is 0 Å². The molecule has 1 unspecified atom stereocenters. The molecule has 0 aromatic heterocycles. The maximum Gasteiger partial charge on any atom is 0.290 e. The van der Waals surface area contributed by atoms with Crippen LogP contribution in [-0.2, 0) is 25.6 Å². The van der Waals surface area contributed by atoms with E-state index in [-0.39, 0.29) is 4.90 Å². The molecule has 0 spiro atoms. The quantitative estimate of drug-likeness (QED) is 0.718. The van der Waals surface area contributed by atoms with Gasteiger partial charge in [0.1, 0.15) is 0 Å². The van der Waals surface area contributed by atoms with Gasteiger partial charge in [0.05, 0.1) is 14.6 Å². The van der Waals surface area contributed by atoms with Crippen molar-refractivity contribution in [2.45, 2.75) is 41.7 Å². The largest absolute Gasteiger partial charge is 0.290 e. The Bertz CT molecular complexity index is 925. The van der Waals surface area contributed by atoms with Crippen LogP contribution in [0.4, 0.5) is 0 Å². The lowest BCUT2D eigenvalue weighted by atomic mass is 10.2. The number of hydrogen-bond donors (Lipinski definition) is 0. The minimum absolute atomic E-state index is 0.0406. The highest BCUT2D eigenvalue weighted by molar-refractivity contribution is 8.03. The molecule has 0 fully saturated rings. The van der Waals surface area contributed by atoms with Crippen molar-refractivity contribution in [3.05, 3.63) is 59.7 Å². The second kappa shape index (κ2) is 7.25. The maximum absolute atomic E-state index is 13.4. The molecule has 0 saturated carbocycles. The predicted octanol–water partition coefficient (Wildman–Crippen LogP) is 4.36. The van der Waals surface area contributed by atoms with Crippen LogP contribution in [0.2, 0.25) is 0 Å². The standard InChI is InChI=1S/C17H20ClNO3S2/c1-13(2)23(20,16-10-6-15(12-18)7-11-16)19-24(21,22)17-8-4-14(3)5-9-17/h4-11,13H,12H2,1-3H3. The van der Waals surface area contributed by atoms with Gasteiger partial charge >= 0.3 is 0 Å². The van der Waals surface area contributed by atoms with Crippen LogP contribution in [0.3, 0.4) is 0 Å². The van der Waals surface area contributed by atoms with Crippen LogP contribution in [0.25, 0.3) is 0 Å². The Morgan fingerprint density at radius 3 is 1.88 bits per heavy atom. The highest BCUT2D eigenvalue weighted by Crippen LogP contribution is 2.24. The summed E-state index contributed by atoms with van der Waals surface area (Å²) in [7, 11) is -7.15. The Hall–Kier alpha value is -1.37. The zero-order valence-electron chi connectivity index (χ0n) is 13.8. The predicted molar refractivity (Wildman–Crippen MR) is 98.3 cm³/mol. The molecule has 2 rings (SSSR count). The number of nitrogens with zero attached hydrogens (tertiary/aromatic N) is 1. The molecule has 0 heterocycles. The fraction of sp³-hybridized carbons (Fsp3) is 0.294. The van der Waals surface area contributed by atoms with Gasteiger partial charge in [0.15, 0.2) is 0 Å². The van der Waals surface area contributed by atoms with Gasteiger partial charge in [-0.05, 0) is 50.6 Å². The van der Waals surface area contributed by atoms with Gasteiger partial charge in [-0.15, -0.1) is 15.4 Å². The third-order valence-electron chi connectivity index (χ3n) is 3.58. The summed E-state index contributed by atoms with van der Waals surface area (Å²) in [5.41, 5.74) is 1.81. The van der Waals surface area contributed by atoms with Crippen molar-refractivity contribution >= 4 is 31.4 Å². The number of sulfonamides is 1. The first-order valence-electron chi connectivity index (χ1n) is 7.43. The monoisotopic (exact) mass is 385 g/mol. The minimum Gasteiger partial charge on any atom is -0.243 e. The molecule has 4 nitrogen and oxygen atoms in total. The number of rotatable bonds is 5. The Labute approximate surface area is 149 Å². The molecule has 0 aliphatic rings. The van der Waals surface area contributed by atoms with Crippen LogP contribution in [0.1, 0.15) is 25.0 Å². The zero-order valence-corrected chi connectivity index (χ0v) is 16.2. The van der Waals surface area contributed by atoms with Gasteiger partial charge in [-0.25, -0.2) is 4.21 Å². The van der Waals surface area contributed by atoms with Gasteiger partial charge in [0, 0.05) is 16.0 Å². The Kier molecular flexibility index (Phi) is 5.73. The molecule has 0 saturated heterocycles. The first-order valence-corrected chi connectivity index (χ1v) is 11.0. The second-order valence-electron chi connectivity index (χ2n) is 5.76. The highest BCUT2D eigenvalue weighted by atomic mass is 35.5. The SMILES string of the molecule is Cc1ccc(S(=O)(=O)N=S(=O)(c2ccc(CCl)cc2)C(C)C)cc1. The third-order valence-corrected chi connectivity index (χ3v) is 8.65. The summed E-state index contributed by atoms with van der Waals surface area (Å²) in [6, 6.07) is 13.1. The molecule has 0 bridgehead atoms. The van der Waals surface area contributed by atoms with Gasteiger partial charge in [0.2, 0.25) is 0 Å². The van der Waals surface area contributed by atoms with Crippen LogP contribution < -0.4 is 0 Å². The average molecular weight is 386 g/mol. The molecule has 24 heavy (non-hydrogen) atoms. The summed E-state index contributed by atoms with van der Waals surface area (Å²) in [6.07, 6.45) is 0. The van der Waals surface area contributed by atoms with E-state index < -0.39 is 25.0 Å². The molecule has 0 N–H and O–H groups in total. The highest BCUT2D eigenvalue weighted by Gasteiger charge is 2.23. The molecule has 2 aromatic rings. The molecule has 0 amide bonds. The van der Waals surface area contributed by atoms with Gasteiger partial charge in [-0.3, -0.25) is 0 Å². The van der Waals surface area contributed by atoms with Crippen LogP contribution in [0.5, 0.6) is 0 Å². The Morgan fingerprint density at radius 2 is 1.42 bits per heavy atom. The summed E-state index contributed by atoms with van der Waals surface area (Å²) in [6.45, 7) is 5.27. The lowest BCUT2D eigenvalue weighted by molar-refractivity contribution is 0.597. The number of alkyl halides is 1. The first-order chi connectivity index (χ1) is 11.2. The molecule has 1 atom stereocenters. The van der Waals surface area contributed by atoms with Crippen molar-refractivity contribution in [2.24, 2.45) is 3.77 Å². The fourth-order valence-corrected chi connectivity index (χ4v) is 6.35. The summed E-state index contributed by atoms with van der Waals surface area (Å²) in [4.78, 5) is 0.431. The van der Waals surface area contributed by atoms with Crippen LogP contribution >= 0.6 is 11.6 Å². The summed E-state index contributed by atoms with van der Waals surface area (Å²) >= 11 is 5.76.